The first-order valence-electron chi connectivity index (χ1n) is 7.26. The lowest BCUT2D eigenvalue weighted by molar-refractivity contribution is 0.125. The van der Waals surface area contributed by atoms with Crippen molar-refractivity contribution in [1.29, 1.82) is 0 Å². The first-order chi connectivity index (χ1) is 9.65. The van der Waals surface area contributed by atoms with Crippen molar-refractivity contribution >= 4 is 29.2 Å². The van der Waals surface area contributed by atoms with Gasteiger partial charge in [-0.25, -0.2) is 0 Å². The number of aromatic nitrogens is 3. The standard InChI is InChI=1S/C14H23Cl2N5/c1-13(2)7-9(8-14(3,4)21-13)5-6-17-12-19-10(15)18-11(16)20-12/h9,21H,5-8H2,1-4H3,(H,17,18,19,20). The molecule has 0 unspecified atom stereocenters. The Labute approximate surface area is 136 Å². The SMILES string of the molecule is CC1(C)CC(CCNc2nc(Cl)nc(Cl)n2)CC(C)(C)N1. The average molecular weight is 332 g/mol. The normalized spacial score (nSPS) is 21.2. The molecule has 2 heterocycles. The average Bonchev–Trinajstić information content (AvgIpc) is 2.22. The fourth-order valence-corrected chi connectivity index (χ4v) is 3.89. The minimum Gasteiger partial charge on any atom is -0.354 e. The number of halogens is 2. The maximum Gasteiger partial charge on any atom is 0.228 e. The maximum atomic E-state index is 5.76. The fraction of sp³-hybridized carbons (Fsp3) is 0.786. The van der Waals surface area contributed by atoms with Crippen LogP contribution in [0.4, 0.5) is 5.95 Å². The molecule has 7 heteroatoms. The van der Waals surface area contributed by atoms with Crippen LogP contribution in [0.25, 0.3) is 0 Å². The van der Waals surface area contributed by atoms with Crippen LogP contribution in [0.1, 0.15) is 47.0 Å². The van der Waals surface area contributed by atoms with Crippen molar-refractivity contribution in [2.24, 2.45) is 5.92 Å². The van der Waals surface area contributed by atoms with E-state index < -0.39 is 0 Å². The summed E-state index contributed by atoms with van der Waals surface area (Å²) >= 11 is 11.5. The highest BCUT2D eigenvalue weighted by Crippen LogP contribution is 2.34. The second-order valence-corrected chi connectivity index (χ2v) is 7.76. The summed E-state index contributed by atoms with van der Waals surface area (Å²) in [6.45, 7) is 9.85. The minimum absolute atomic E-state index is 0.113. The summed E-state index contributed by atoms with van der Waals surface area (Å²) in [4.78, 5) is 11.7. The molecule has 1 aromatic rings. The second-order valence-electron chi connectivity index (χ2n) is 7.08. The highest BCUT2D eigenvalue weighted by Gasteiger charge is 2.37. The predicted molar refractivity (Wildman–Crippen MR) is 87.0 cm³/mol. The number of rotatable bonds is 4. The van der Waals surface area contributed by atoms with E-state index in [1.807, 2.05) is 0 Å². The predicted octanol–water partition coefficient (Wildman–Crippen LogP) is 3.54. The zero-order chi connectivity index (χ0) is 15.7. The molecule has 0 bridgehead atoms. The van der Waals surface area contributed by atoms with Crippen LogP contribution in [0, 0.1) is 5.92 Å². The molecule has 1 saturated heterocycles. The molecule has 2 N–H and O–H groups in total. The Morgan fingerprint density at radius 1 is 1.05 bits per heavy atom. The van der Waals surface area contributed by atoms with Crippen molar-refractivity contribution in [2.45, 2.75) is 58.0 Å². The van der Waals surface area contributed by atoms with E-state index in [0.29, 0.717) is 11.9 Å². The zero-order valence-corrected chi connectivity index (χ0v) is 14.5. The van der Waals surface area contributed by atoms with Crippen LogP contribution in [0.2, 0.25) is 10.6 Å². The van der Waals surface area contributed by atoms with Gasteiger partial charge in [0.2, 0.25) is 16.5 Å². The molecule has 0 saturated carbocycles. The molecule has 0 amide bonds. The minimum atomic E-state index is 0.113. The van der Waals surface area contributed by atoms with Gasteiger partial charge in [-0.2, -0.15) is 15.0 Å². The van der Waals surface area contributed by atoms with E-state index in [2.05, 4.69) is 53.3 Å². The van der Waals surface area contributed by atoms with Crippen LogP contribution in [-0.4, -0.2) is 32.6 Å². The topological polar surface area (TPSA) is 62.7 Å². The lowest BCUT2D eigenvalue weighted by Crippen LogP contribution is -2.57. The second kappa shape index (κ2) is 6.23. The lowest BCUT2D eigenvalue weighted by atomic mass is 9.75. The maximum absolute atomic E-state index is 5.76. The highest BCUT2D eigenvalue weighted by atomic mass is 35.5. The van der Waals surface area contributed by atoms with Crippen molar-refractivity contribution in [3.63, 3.8) is 0 Å². The molecule has 5 nitrogen and oxygen atoms in total. The third kappa shape index (κ3) is 5.24. The molecule has 0 atom stereocenters. The Morgan fingerprint density at radius 3 is 2.10 bits per heavy atom. The van der Waals surface area contributed by atoms with E-state index in [1.54, 1.807) is 0 Å². The van der Waals surface area contributed by atoms with Crippen LogP contribution in [0.3, 0.4) is 0 Å². The third-order valence-corrected chi connectivity index (χ3v) is 4.03. The van der Waals surface area contributed by atoms with Crippen LogP contribution in [0.15, 0.2) is 0 Å². The van der Waals surface area contributed by atoms with Crippen molar-refractivity contribution in [3.05, 3.63) is 10.6 Å². The zero-order valence-electron chi connectivity index (χ0n) is 13.0. The number of anilines is 1. The molecule has 0 aromatic carbocycles. The first-order valence-corrected chi connectivity index (χ1v) is 8.01. The fourth-order valence-electron chi connectivity index (χ4n) is 3.53. The van der Waals surface area contributed by atoms with E-state index in [9.17, 15) is 0 Å². The number of piperidine rings is 1. The smallest absolute Gasteiger partial charge is 0.228 e. The van der Waals surface area contributed by atoms with Gasteiger partial charge in [-0.05, 0) is 76.1 Å². The van der Waals surface area contributed by atoms with Crippen LogP contribution < -0.4 is 10.6 Å². The van der Waals surface area contributed by atoms with Gasteiger partial charge in [-0.3, -0.25) is 0 Å². The molecule has 1 aromatic heterocycles. The number of nitrogens with zero attached hydrogens (tertiary/aromatic N) is 3. The molecule has 1 aliphatic rings. The number of nitrogens with one attached hydrogen (secondary N) is 2. The molecular formula is C14H23Cl2N5. The molecule has 0 aliphatic carbocycles. The summed E-state index contributed by atoms with van der Waals surface area (Å²) in [5, 5.41) is 7.10. The van der Waals surface area contributed by atoms with Gasteiger partial charge in [0.05, 0.1) is 0 Å². The Balaban J connectivity index is 1.88. The van der Waals surface area contributed by atoms with Gasteiger partial charge < -0.3 is 10.6 Å². The summed E-state index contributed by atoms with van der Waals surface area (Å²) in [5.74, 6) is 1.10. The van der Waals surface area contributed by atoms with E-state index in [1.165, 1.54) is 0 Å². The third-order valence-electron chi connectivity index (χ3n) is 3.69. The molecule has 118 valence electrons. The molecule has 0 spiro atoms. The Hall–Kier alpha value is -0.650. The Kier molecular flexibility index (Phi) is 4.96. The van der Waals surface area contributed by atoms with Crippen LogP contribution in [-0.2, 0) is 0 Å². The molecular weight excluding hydrogens is 309 g/mol. The highest BCUT2D eigenvalue weighted by molar-refractivity contribution is 6.31. The number of hydrogen-bond donors (Lipinski definition) is 2. The molecule has 2 rings (SSSR count). The Bertz CT molecular complexity index is 468. The van der Waals surface area contributed by atoms with Crippen LogP contribution in [0.5, 0.6) is 0 Å². The Morgan fingerprint density at radius 2 is 1.57 bits per heavy atom. The monoisotopic (exact) mass is 331 g/mol. The van der Waals surface area contributed by atoms with E-state index >= 15 is 0 Å². The van der Waals surface area contributed by atoms with Gasteiger partial charge in [0.1, 0.15) is 0 Å². The number of hydrogen-bond acceptors (Lipinski definition) is 5. The van der Waals surface area contributed by atoms with Gasteiger partial charge in [0.25, 0.3) is 0 Å². The van der Waals surface area contributed by atoms with E-state index in [0.717, 1.165) is 25.8 Å². The molecule has 21 heavy (non-hydrogen) atoms. The van der Waals surface area contributed by atoms with E-state index in [4.69, 9.17) is 23.2 Å². The molecule has 1 aliphatic heterocycles. The lowest BCUT2D eigenvalue weighted by Gasteiger charge is -2.46. The van der Waals surface area contributed by atoms with Crippen molar-refractivity contribution in [2.75, 3.05) is 11.9 Å². The summed E-state index contributed by atoms with van der Waals surface area (Å²) < 4.78 is 0. The van der Waals surface area contributed by atoms with Crippen molar-refractivity contribution in [3.8, 4) is 0 Å². The summed E-state index contributed by atoms with van der Waals surface area (Å²) in [7, 11) is 0. The van der Waals surface area contributed by atoms with Gasteiger partial charge in [0, 0.05) is 17.6 Å². The van der Waals surface area contributed by atoms with Gasteiger partial charge >= 0.3 is 0 Å². The molecule has 1 fully saturated rings. The molecule has 0 radical (unpaired) electrons. The van der Waals surface area contributed by atoms with Gasteiger partial charge in [0.15, 0.2) is 0 Å². The van der Waals surface area contributed by atoms with Gasteiger partial charge in [-0.1, -0.05) is 0 Å². The summed E-state index contributed by atoms with van der Waals surface area (Å²) in [6, 6.07) is 0. The first kappa shape index (κ1) is 16.7. The summed E-state index contributed by atoms with van der Waals surface area (Å²) in [5.41, 5.74) is 0.346. The quantitative estimate of drug-likeness (QED) is 0.883. The largest absolute Gasteiger partial charge is 0.354 e. The summed E-state index contributed by atoms with van der Waals surface area (Å²) in [6.07, 6.45) is 3.39. The van der Waals surface area contributed by atoms with Crippen molar-refractivity contribution < 1.29 is 0 Å². The van der Waals surface area contributed by atoms with E-state index in [-0.39, 0.29) is 21.6 Å². The van der Waals surface area contributed by atoms with Crippen molar-refractivity contribution in [1.82, 2.24) is 20.3 Å². The van der Waals surface area contributed by atoms with Gasteiger partial charge in [-0.15, -0.1) is 0 Å². The van der Waals surface area contributed by atoms with Crippen LogP contribution >= 0.6 is 23.2 Å².